The zero-order chi connectivity index (χ0) is 17.8. The Labute approximate surface area is 153 Å². The SMILES string of the molecule is C[C@H]1OCCN[C@@H]1C(=O)N1CCN(C(=O)Cc2ccccc2Cl)CC1. The summed E-state index contributed by atoms with van der Waals surface area (Å²) in [4.78, 5) is 28.7. The third-order valence-corrected chi connectivity index (χ3v) is 5.19. The van der Waals surface area contributed by atoms with Gasteiger partial charge in [-0.25, -0.2) is 0 Å². The van der Waals surface area contributed by atoms with Crippen molar-refractivity contribution in [2.24, 2.45) is 0 Å². The number of morpholine rings is 1. The summed E-state index contributed by atoms with van der Waals surface area (Å²) in [5, 5.41) is 3.84. The summed E-state index contributed by atoms with van der Waals surface area (Å²) in [5.41, 5.74) is 0.838. The predicted molar refractivity (Wildman–Crippen MR) is 95.5 cm³/mol. The molecule has 6 nitrogen and oxygen atoms in total. The first-order valence-electron chi connectivity index (χ1n) is 8.71. The fourth-order valence-electron chi connectivity index (χ4n) is 3.30. The van der Waals surface area contributed by atoms with Crippen molar-refractivity contribution >= 4 is 23.4 Å². The van der Waals surface area contributed by atoms with Crippen molar-refractivity contribution < 1.29 is 14.3 Å². The number of nitrogens with one attached hydrogen (secondary N) is 1. The zero-order valence-electron chi connectivity index (χ0n) is 14.4. The predicted octanol–water partition coefficient (Wildman–Crippen LogP) is 0.930. The van der Waals surface area contributed by atoms with Crippen LogP contribution in [0.15, 0.2) is 24.3 Å². The van der Waals surface area contributed by atoms with E-state index in [4.69, 9.17) is 16.3 Å². The molecule has 2 amide bonds. The van der Waals surface area contributed by atoms with Gasteiger partial charge in [-0.1, -0.05) is 29.8 Å². The van der Waals surface area contributed by atoms with E-state index < -0.39 is 0 Å². The molecule has 0 bridgehead atoms. The highest BCUT2D eigenvalue weighted by Gasteiger charge is 2.33. The topological polar surface area (TPSA) is 61.9 Å². The Morgan fingerprint density at radius 1 is 1.20 bits per heavy atom. The maximum absolute atomic E-state index is 12.6. The normalized spacial score (nSPS) is 24.2. The number of hydrogen-bond donors (Lipinski definition) is 1. The highest BCUT2D eigenvalue weighted by atomic mass is 35.5. The van der Waals surface area contributed by atoms with Gasteiger partial charge in [0.15, 0.2) is 0 Å². The Hall–Kier alpha value is -1.63. The van der Waals surface area contributed by atoms with E-state index in [-0.39, 0.29) is 24.0 Å². The van der Waals surface area contributed by atoms with Crippen LogP contribution in [0, 0.1) is 0 Å². The van der Waals surface area contributed by atoms with Gasteiger partial charge in [-0.2, -0.15) is 0 Å². The first kappa shape index (κ1) is 18.2. The highest BCUT2D eigenvalue weighted by molar-refractivity contribution is 6.31. The molecule has 3 rings (SSSR count). The Kier molecular flexibility index (Phi) is 5.93. The Morgan fingerprint density at radius 2 is 1.88 bits per heavy atom. The minimum atomic E-state index is -0.292. The maximum atomic E-state index is 12.6. The minimum absolute atomic E-state index is 0.0488. The first-order chi connectivity index (χ1) is 12.1. The van der Waals surface area contributed by atoms with Gasteiger partial charge in [-0.3, -0.25) is 9.59 Å². The molecule has 136 valence electrons. The number of nitrogens with zero attached hydrogens (tertiary/aromatic N) is 2. The van der Waals surface area contributed by atoms with Crippen LogP contribution in [0.5, 0.6) is 0 Å². The van der Waals surface area contributed by atoms with Crippen LogP contribution in [0.25, 0.3) is 0 Å². The summed E-state index contributed by atoms with van der Waals surface area (Å²) in [7, 11) is 0. The third-order valence-electron chi connectivity index (χ3n) is 4.83. The second-order valence-corrected chi connectivity index (χ2v) is 6.89. The summed E-state index contributed by atoms with van der Waals surface area (Å²) in [5.74, 6) is 0.109. The van der Waals surface area contributed by atoms with Crippen LogP contribution in [0.4, 0.5) is 0 Å². The molecule has 0 radical (unpaired) electrons. The minimum Gasteiger partial charge on any atom is -0.375 e. The molecule has 1 aromatic rings. The van der Waals surface area contributed by atoms with E-state index in [0.29, 0.717) is 50.8 Å². The molecule has 1 N–H and O–H groups in total. The summed E-state index contributed by atoms with van der Waals surface area (Å²) in [6, 6.07) is 7.10. The van der Waals surface area contributed by atoms with Gasteiger partial charge in [-0.15, -0.1) is 0 Å². The molecule has 0 saturated carbocycles. The number of benzene rings is 1. The van der Waals surface area contributed by atoms with Crippen LogP contribution in [0.1, 0.15) is 12.5 Å². The average Bonchev–Trinajstić information content (AvgIpc) is 2.63. The van der Waals surface area contributed by atoms with Crippen LogP contribution in [-0.2, 0) is 20.7 Å². The van der Waals surface area contributed by atoms with E-state index in [1.807, 2.05) is 30.0 Å². The molecule has 25 heavy (non-hydrogen) atoms. The second kappa shape index (κ2) is 8.17. The Bertz CT molecular complexity index is 632. The van der Waals surface area contributed by atoms with E-state index in [1.54, 1.807) is 11.0 Å². The molecule has 1 aromatic carbocycles. The van der Waals surface area contributed by atoms with Gasteiger partial charge in [-0.05, 0) is 18.6 Å². The number of amides is 2. The molecule has 2 fully saturated rings. The lowest BCUT2D eigenvalue weighted by Gasteiger charge is -2.38. The van der Waals surface area contributed by atoms with Crippen molar-refractivity contribution in [3.05, 3.63) is 34.9 Å². The number of ether oxygens (including phenoxy) is 1. The van der Waals surface area contributed by atoms with Crippen molar-refractivity contribution in [1.82, 2.24) is 15.1 Å². The quantitative estimate of drug-likeness (QED) is 0.865. The van der Waals surface area contributed by atoms with Crippen molar-refractivity contribution in [2.45, 2.75) is 25.5 Å². The molecule has 0 aliphatic carbocycles. The van der Waals surface area contributed by atoms with Crippen molar-refractivity contribution in [2.75, 3.05) is 39.3 Å². The second-order valence-electron chi connectivity index (χ2n) is 6.48. The average molecular weight is 366 g/mol. The van der Waals surface area contributed by atoms with Gasteiger partial charge in [0.05, 0.1) is 19.1 Å². The van der Waals surface area contributed by atoms with E-state index in [1.165, 1.54) is 0 Å². The number of carbonyl (C=O) groups excluding carboxylic acids is 2. The van der Waals surface area contributed by atoms with E-state index in [0.717, 1.165) is 5.56 Å². The zero-order valence-corrected chi connectivity index (χ0v) is 15.2. The summed E-state index contributed by atoms with van der Waals surface area (Å²) in [6.07, 6.45) is 0.170. The van der Waals surface area contributed by atoms with Crippen molar-refractivity contribution in [3.63, 3.8) is 0 Å². The summed E-state index contributed by atoms with van der Waals surface area (Å²) >= 11 is 6.13. The van der Waals surface area contributed by atoms with Crippen molar-refractivity contribution in [1.29, 1.82) is 0 Å². The molecule has 0 spiro atoms. The molecule has 2 heterocycles. The van der Waals surface area contributed by atoms with Crippen molar-refractivity contribution in [3.8, 4) is 0 Å². The first-order valence-corrected chi connectivity index (χ1v) is 9.09. The fourth-order valence-corrected chi connectivity index (χ4v) is 3.50. The molecule has 0 aromatic heterocycles. The molecule has 2 aliphatic rings. The van der Waals surface area contributed by atoms with Crippen LogP contribution in [0.2, 0.25) is 5.02 Å². The van der Waals surface area contributed by atoms with Crippen LogP contribution >= 0.6 is 11.6 Å². The van der Waals surface area contributed by atoms with E-state index >= 15 is 0 Å². The number of rotatable bonds is 3. The maximum Gasteiger partial charge on any atom is 0.242 e. The number of halogens is 1. The smallest absolute Gasteiger partial charge is 0.242 e. The van der Waals surface area contributed by atoms with Crippen LogP contribution in [0.3, 0.4) is 0 Å². The Balaban J connectivity index is 1.52. The van der Waals surface area contributed by atoms with E-state index in [9.17, 15) is 9.59 Å². The number of piperazine rings is 1. The third kappa shape index (κ3) is 4.32. The molecule has 7 heteroatoms. The molecular formula is C18H24ClN3O3. The standard InChI is InChI=1S/C18H24ClN3O3/c1-13-17(20-6-11-25-13)18(24)22-9-7-21(8-10-22)16(23)12-14-4-2-3-5-15(14)19/h2-5,13,17,20H,6-12H2,1H3/t13-,17+/m1/s1. The van der Waals surface area contributed by atoms with Crippen LogP contribution < -0.4 is 5.32 Å². The monoisotopic (exact) mass is 365 g/mol. The van der Waals surface area contributed by atoms with Gasteiger partial charge >= 0.3 is 0 Å². The molecule has 2 aliphatic heterocycles. The largest absolute Gasteiger partial charge is 0.375 e. The molecule has 2 atom stereocenters. The number of carbonyl (C=O) groups is 2. The van der Waals surface area contributed by atoms with Gasteiger partial charge in [0.1, 0.15) is 6.04 Å². The van der Waals surface area contributed by atoms with Gasteiger partial charge < -0.3 is 19.9 Å². The lowest BCUT2D eigenvalue weighted by atomic mass is 10.1. The lowest BCUT2D eigenvalue weighted by Crippen LogP contribution is -2.60. The fraction of sp³-hybridized carbons (Fsp3) is 0.556. The molecule has 2 saturated heterocycles. The Morgan fingerprint density at radius 3 is 2.56 bits per heavy atom. The molecule has 0 unspecified atom stereocenters. The van der Waals surface area contributed by atoms with E-state index in [2.05, 4.69) is 5.32 Å². The van der Waals surface area contributed by atoms with Gasteiger partial charge in [0.2, 0.25) is 11.8 Å². The number of hydrogen-bond acceptors (Lipinski definition) is 4. The molecular weight excluding hydrogens is 342 g/mol. The van der Waals surface area contributed by atoms with Gasteiger partial charge in [0, 0.05) is 37.7 Å². The van der Waals surface area contributed by atoms with Crippen LogP contribution in [-0.4, -0.2) is 73.1 Å². The highest BCUT2D eigenvalue weighted by Crippen LogP contribution is 2.17. The summed E-state index contributed by atoms with van der Waals surface area (Å²) in [6.45, 7) is 5.45. The summed E-state index contributed by atoms with van der Waals surface area (Å²) < 4.78 is 5.55. The lowest BCUT2D eigenvalue weighted by molar-refractivity contribution is -0.144. The van der Waals surface area contributed by atoms with Gasteiger partial charge in [0.25, 0.3) is 0 Å².